The number of halogens is 2. The van der Waals surface area contributed by atoms with Crippen molar-refractivity contribution in [3.8, 4) is 0 Å². The molecule has 1 heterocycles. The van der Waals surface area contributed by atoms with Crippen LogP contribution in [-0.2, 0) is 14.8 Å². The number of anilines is 1. The highest BCUT2D eigenvalue weighted by molar-refractivity contribution is 9.10. The molecule has 8 nitrogen and oxygen atoms in total. The number of quaternary nitrogens is 1. The van der Waals surface area contributed by atoms with Gasteiger partial charge in [0.05, 0.1) is 36.8 Å². The maximum atomic E-state index is 13.5. The number of hydrogen-bond donors (Lipinski definition) is 3. The highest BCUT2D eigenvalue weighted by atomic mass is 79.9. The maximum absolute atomic E-state index is 13.5. The average Bonchev–Trinajstić information content (AvgIpc) is 2.70. The number of urea groups is 1. The smallest absolute Gasteiger partial charge is 0.325 e. The summed E-state index contributed by atoms with van der Waals surface area (Å²) >= 11 is 3.27. The average molecular weight is 500 g/mol. The summed E-state index contributed by atoms with van der Waals surface area (Å²) in [5, 5.41) is 4.44. The van der Waals surface area contributed by atoms with Crippen molar-refractivity contribution in [1.29, 1.82) is 0 Å². The van der Waals surface area contributed by atoms with E-state index >= 15 is 0 Å². The van der Waals surface area contributed by atoms with E-state index in [1.165, 1.54) is 22.5 Å². The number of amides is 3. The number of nitrogens with one attached hydrogen (secondary N) is 3. The Morgan fingerprint density at radius 3 is 2.47 bits per heavy atom. The van der Waals surface area contributed by atoms with Gasteiger partial charge in [-0.1, -0.05) is 34.1 Å². The molecule has 0 saturated carbocycles. The Kier molecular flexibility index (Phi) is 7.19. The number of piperazine rings is 1. The van der Waals surface area contributed by atoms with Gasteiger partial charge >= 0.3 is 6.03 Å². The second-order valence-corrected chi connectivity index (χ2v) is 9.62. The van der Waals surface area contributed by atoms with Gasteiger partial charge in [0.2, 0.25) is 10.0 Å². The number of imide groups is 1. The Morgan fingerprint density at radius 1 is 1.10 bits per heavy atom. The predicted octanol–water partition coefficient (Wildman–Crippen LogP) is 0.826. The zero-order valence-corrected chi connectivity index (χ0v) is 18.3. The van der Waals surface area contributed by atoms with Crippen molar-refractivity contribution in [1.82, 2.24) is 9.62 Å². The molecule has 0 atom stereocenters. The molecule has 3 rings (SSSR count). The van der Waals surface area contributed by atoms with Gasteiger partial charge in [0.15, 0.2) is 6.54 Å². The van der Waals surface area contributed by atoms with Crippen LogP contribution in [0.15, 0.2) is 57.9 Å². The lowest BCUT2D eigenvalue weighted by Crippen LogP contribution is -3.15. The van der Waals surface area contributed by atoms with Gasteiger partial charge in [-0.15, -0.1) is 0 Å². The van der Waals surface area contributed by atoms with Gasteiger partial charge in [0.25, 0.3) is 5.91 Å². The number of carbonyl (C=O) groups excluding carboxylic acids is 2. The molecule has 3 N–H and O–H groups in total. The van der Waals surface area contributed by atoms with E-state index in [4.69, 9.17) is 0 Å². The normalized spacial score (nSPS) is 15.5. The molecule has 1 saturated heterocycles. The highest BCUT2D eigenvalue weighted by Crippen LogP contribution is 2.19. The fourth-order valence-corrected chi connectivity index (χ4v) is 5.15. The summed E-state index contributed by atoms with van der Waals surface area (Å²) in [5.41, 5.74) is -0.0264. The van der Waals surface area contributed by atoms with Gasteiger partial charge < -0.3 is 10.2 Å². The van der Waals surface area contributed by atoms with Crippen molar-refractivity contribution < 1.29 is 27.3 Å². The fraction of sp³-hybridized carbons (Fsp3) is 0.263. The molecule has 3 amide bonds. The largest absolute Gasteiger partial charge is 0.326 e. The van der Waals surface area contributed by atoms with Crippen molar-refractivity contribution in [2.75, 3.05) is 38.0 Å². The second kappa shape index (κ2) is 9.65. The lowest BCUT2D eigenvalue weighted by Gasteiger charge is -2.31. The topological polar surface area (TPSA) is 100 Å². The van der Waals surface area contributed by atoms with Gasteiger partial charge in [0, 0.05) is 4.47 Å². The molecule has 0 unspecified atom stereocenters. The maximum Gasteiger partial charge on any atom is 0.326 e. The molecule has 0 aliphatic carbocycles. The quantitative estimate of drug-likeness (QED) is 0.567. The summed E-state index contributed by atoms with van der Waals surface area (Å²) in [6.07, 6.45) is 0. The standard InChI is InChI=1S/C19H20BrFN4O4S/c20-14-4-3-5-15(12-14)30(28,29)25-10-8-24(9-11-25)13-18(26)23-19(27)22-17-7-2-1-6-16(17)21/h1-7,12H,8-11,13H2,(H2,22,23,26,27)/p+1. The molecule has 0 spiro atoms. The van der Waals surface area contributed by atoms with Crippen molar-refractivity contribution in [2.45, 2.75) is 4.90 Å². The first-order chi connectivity index (χ1) is 14.3. The molecule has 1 aliphatic heterocycles. The van der Waals surface area contributed by atoms with Crippen LogP contribution in [0.3, 0.4) is 0 Å². The third kappa shape index (κ3) is 5.63. The third-order valence-electron chi connectivity index (χ3n) is 4.65. The summed E-state index contributed by atoms with van der Waals surface area (Å²) in [6, 6.07) is 11.3. The Morgan fingerprint density at radius 2 is 1.80 bits per heavy atom. The number of para-hydroxylation sites is 1. The lowest BCUT2D eigenvalue weighted by atomic mass is 10.3. The summed E-state index contributed by atoms with van der Waals surface area (Å²) in [5.74, 6) is -1.13. The first kappa shape index (κ1) is 22.3. The molecular formula is C19H21BrFN4O4S+. The molecule has 160 valence electrons. The fourth-order valence-electron chi connectivity index (χ4n) is 3.11. The van der Waals surface area contributed by atoms with Gasteiger partial charge in [-0.05, 0) is 30.3 Å². The van der Waals surface area contributed by atoms with E-state index in [9.17, 15) is 22.4 Å². The van der Waals surface area contributed by atoms with Crippen LogP contribution in [0.1, 0.15) is 0 Å². The number of benzene rings is 2. The van der Waals surface area contributed by atoms with Crippen molar-refractivity contribution in [3.63, 3.8) is 0 Å². The SMILES string of the molecule is O=C(C[NH+]1CCN(S(=O)(=O)c2cccc(Br)c2)CC1)NC(=O)Nc1ccccc1F. The van der Waals surface area contributed by atoms with E-state index in [0.29, 0.717) is 17.6 Å². The van der Waals surface area contributed by atoms with Gasteiger partial charge in [-0.2, -0.15) is 4.31 Å². The first-order valence-corrected chi connectivity index (χ1v) is 11.4. The van der Waals surface area contributed by atoms with Crippen LogP contribution in [0.25, 0.3) is 0 Å². The molecule has 1 aliphatic rings. The number of nitrogens with zero attached hydrogens (tertiary/aromatic N) is 1. The first-order valence-electron chi connectivity index (χ1n) is 9.20. The molecule has 11 heteroatoms. The highest BCUT2D eigenvalue weighted by Gasteiger charge is 2.31. The van der Waals surface area contributed by atoms with E-state index in [1.807, 2.05) is 0 Å². The minimum atomic E-state index is -3.60. The summed E-state index contributed by atoms with van der Waals surface area (Å²) in [6.45, 7) is 1.39. The van der Waals surface area contributed by atoms with Gasteiger partial charge in [-0.3, -0.25) is 10.1 Å². The lowest BCUT2D eigenvalue weighted by molar-refractivity contribution is -0.895. The van der Waals surface area contributed by atoms with Crippen LogP contribution in [0.2, 0.25) is 0 Å². The zero-order chi connectivity index (χ0) is 21.7. The van der Waals surface area contributed by atoms with E-state index < -0.39 is 27.8 Å². The molecule has 1 fully saturated rings. The van der Waals surface area contributed by atoms with Crippen LogP contribution in [0, 0.1) is 5.82 Å². The van der Waals surface area contributed by atoms with Crippen molar-refractivity contribution in [3.05, 3.63) is 58.8 Å². The second-order valence-electron chi connectivity index (χ2n) is 6.77. The van der Waals surface area contributed by atoms with Crippen LogP contribution < -0.4 is 15.5 Å². The van der Waals surface area contributed by atoms with E-state index in [-0.39, 0.29) is 30.2 Å². The number of carbonyl (C=O) groups is 2. The summed E-state index contributed by atoms with van der Waals surface area (Å²) in [7, 11) is -3.60. The molecule has 0 bridgehead atoms. The molecule has 0 aromatic heterocycles. The number of hydrogen-bond acceptors (Lipinski definition) is 4. The van der Waals surface area contributed by atoms with Crippen LogP contribution >= 0.6 is 15.9 Å². The van der Waals surface area contributed by atoms with E-state index in [0.717, 1.165) is 4.90 Å². The Hall–Kier alpha value is -2.34. The Bertz CT molecular complexity index is 1040. The third-order valence-corrected chi connectivity index (χ3v) is 7.04. The predicted molar refractivity (Wildman–Crippen MR) is 112 cm³/mol. The van der Waals surface area contributed by atoms with Crippen LogP contribution in [0.5, 0.6) is 0 Å². The Labute approximate surface area is 182 Å². The van der Waals surface area contributed by atoms with Crippen molar-refractivity contribution in [2.24, 2.45) is 0 Å². The van der Waals surface area contributed by atoms with Crippen LogP contribution in [-0.4, -0.2) is 57.4 Å². The molecule has 2 aromatic rings. The monoisotopic (exact) mass is 499 g/mol. The van der Waals surface area contributed by atoms with Gasteiger partial charge in [-0.25, -0.2) is 17.6 Å². The van der Waals surface area contributed by atoms with Crippen LogP contribution in [0.4, 0.5) is 14.9 Å². The van der Waals surface area contributed by atoms with Crippen molar-refractivity contribution >= 4 is 43.6 Å². The van der Waals surface area contributed by atoms with Gasteiger partial charge in [0.1, 0.15) is 5.82 Å². The minimum Gasteiger partial charge on any atom is -0.325 e. The number of rotatable bonds is 5. The molecular weight excluding hydrogens is 479 g/mol. The minimum absolute atomic E-state index is 0.00939. The Balaban J connectivity index is 1.49. The summed E-state index contributed by atoms with van der Waals surface area (Å²) in [4.78, 5) is 25.0. The van der Waals surface area contributed by atoms with E-state index in [1.54, 1.807) is 30.3 Å². The molecule has 30 heavy (non-hydrogen) atoms. The molecule has 0 radical (unpaired) electrons. The zero-order valence-electron chi connectivity index (χ0n) is 15.9. The number of sulfonamides is 1. The molecule has 2 aromatic carbocycles. The van der Waals surface area contributed by atoms with E-state index in [2.05, 4.69) is 26.6 Å². The summed E-state index contributed by atoms with van der Waals surface area (Å²) < 4.78 is 41.1.